The molecule has 1 N–H and O–H groups in total. The fourth-order valence-corrected chi connectivity index (χ4v) is 1.68. The summed E-state index contributed by atoms with van der Waals surface area (Å²) < 4.78 is 30.4. The largest absolute Gasteiger partial charge is 0.478 e. The first-order chi connectivity index (χ1) is 8.09. The van der Waals surface area contributed by atoms with Crippen LogP contribution in [0.4, 0.5) is 8.78 Å². The van der Waals surface area contributed by atoms with Crippen molar-refractivity contribution >= 4 is 5.97 Å². The van der Waals surface area contributed by atoms with Gasteiger partial charge in [-0.25, -0.2) is 23.5 Å². The molecule has 0 radical (unpaired) electrons. The lowest BCUT2D eigenvalue weighted by atomic mass is 10.1. The Bertz CT molecular complexity index is 434. The van der Waals surface area contributed by atoms with E-state index in [9.17, 15) is 13.6 Å². The molecule has 5 nitrogen and oxygen atoms in total. The molecule has 0 aromatic carbocycles. The van der Waals surface area contributed by atoms with E-state index in [0.29, 0.717) is 19.6 Å². The van der Waals surface area contributed by atoms with Gasteiger partial charge in [0.15, 0.2) is 0 Å². The third-order valence-corrected chi connectivity index (χ3v) is 2.57. The number of carbonyl (C=O) groups is 1. The molecule has 2 rings (SSSR count). The number of hydrogen-bond acceptors (Lipinski definition) is 4. The number of aromatic nitrogens is 2. The van der Waals surface area contributed by atoms with E-state index in [2.05, 4.69) is 9.97 Å². The summed E-state index contributed by atoms with van der Waals surface area (Å²) in [6.45, 7) is 0.924. The molecule has 17 heavy (non-hydrogen) atoms. The Morgan fingerprint density at radius 3 is 2.88 bits per heavy atom. The predicted octanol–water partition coefficient (Wildman–Crippen LogP) is 1.62. The second-order valence-electron chi connectivity index (χ2n) is 3.69. The van der Waals surface area contributed by atoms with Crippen LogP contribution >= 0.6 is 0 Å². The van der Waals surface area contributed by atoms with E-state index < -0.39 is 23.7 Å². The van der Waals surface area contributed by atoms with Gasteiger partial charge in [0.25, 0.3) is 6.43 Å². The van der Waals surface area contributed by atoms with Crippen LogP contribution in [0.1, 0.15) is 40.6 Å². The van der Waals surface area contributed by atoms with Gasteiger partial charge >= 0.3 is 5.97 Å². The Balaban J connectivity index is 2.37. The van der Waals surface area contributed by atoms with Crippen LogP contribution in [0, 0.1) is 0 Å². The number of carboxylic acids is 1. The SMILES string of the molecule is O=C(O)c1cnc(C2CCOC2)nc1C(F)F. The Morgan fingerprint density at radius 2 is 2.35 bits per heavy atom. The molecule has 0 spiro atoms. The van der Waals surface area contributed by atoms with Gasteiger partial charge in [-0.05, 0) is 6.42 Å². The molecule has 1 aliphatic heterocycles. The van der Waals surface area contributed by atoms with E-state index in [1.54, 1.807) is 0 Å². The zero-order chi connectivity index (χ0) is 12.4. The van der Waals surface area contributed by atoms with Crippen molar-refractivity contribution in [2.24, 2.45) is 0 Å². The highest BCUT2D eigenvalue weighted by Crippen LogP contribution is 2.26. The van der Waals surface area contributed by atoms with Gasteiger partial charge in [-0.1, -0.05) is 0 Å². The minimum atomic E-state index is -2.93. The average Bonchev–Trinajstić information content (AvgIpc) is 2.81. The monoisotopic (exact) mass is 244 g/mol. The van der Waals surface area contributed by atoms with Gasteiger partial charge in [0.1, 0.15) is 17.1 Å². The van der Waals surface area contributed by atoms with Gasteiger partial charge in [-0.3, -0.25) is 0 Å². The normalized spacial score (nSPS) is 19.8. The number of hydrogen-bond donors (Lipinski definition) is 1. The lowest BCUT2D eigenvalue weighted by Crippen LogP contribution is -2.12. The topological polar surface area (TPSA) is 72.3 Å². The van der Waals surface area contributed by atoms with Crippen molar-refractivity contribution in [3.8, 4) is 0 Å². The van der Waals surface area contributed by atoms with Crippen LogP contribution in [0.15, 0.2) is 6.20 Å². The van der Waals surface area contributed by atoms with E-state index in [0.717, 1.165) is 6.20 Å². The molecule has 1 aromatic rings. The van der Waals surface area contributed by atoms with Crippen LogP contribution in [-0.4, -0.2) is 34.3 Å². The van der Waals surface area contributed by atoms with Crippen molar-refractivity contribution < 1.29 is 23.4 Å². The minimum absolute atomic E-state index is 0.129. The van der Waals surface area contributed by atoms with Crippen LogP contribution in [0.25, 0.3) is 0 Å². The fraction of sp³-hybridized carbons (Fsp3) is 0.500. The third-order valence-electron chi connectivity index (χ3n) is 2.57. The maximum absolute atomic E-state index is 12.7. The predicted molar refractivity (Wildman–Crippen MR) is 52.1 cm³/mol. The summed E-state index contributed by atoms with van der Waals surface area (Å²) in [4.78, 5) is 18.2. The zero-order valence-electron chi connectivity index (χ0n) is 8.77. The first-order valence-corrected chi connectivity index (χ1v) is 5.05. The highest BCUT2D eigenvalue weighted by molar-refractivity contribution is 5.88. The van der Waals surface area contributed by atoms with Gasteiger partial charge in [0.05, 0.1) is 6.61 Å². The maximum Gasteiger partial charge on any atom is 0.339 e. The van der Waals surface area contributed by atoms with Crippen LogP contribution in [0.3, 0.4) is 0 Å². The minimum Gasteiger partial charge on any atom is -0.478 e. The highest BCUT2D eigenvalue weighted by atomic mass is 19.3. The van der Waals surface area contributed by atoms with E-state index in [1.807, 2.05) is 0 Å². The van der Waals surface area contributed by atoms with Crippen molar-refractivity contribution in [1.29, 1.82) is 0 Å². The van der Waals surface area contributed by atoms with Crippen LogP contribution in [-0.2, 0) is 4.74 Å². The standard InChI is InChI=1S/C10H10F2N2O3/c11-8(12)7-6(10(15)16)3-13-9(14-7)5-1-2-17-4-5/h3,5,8H,1-2,4H2,(H,15,16). The third kappa shape index (κ3) is 2.38. The average molecular weight is 244 g/mol. The lowest BCUT2D eigenvalue weighted by molar-refractivity contribution is 0.0681. The molecule has 1 fully saturated rings. The molecule has 1 unspecified atom stereocenters. The quantitative estimate of drug-likeness (QED) is 0.874. The van der Waals surface area contributed by atoms with Crippen molar-refractivity contribution in [3.63, 3.8) is 0 Å². The van der Waals surface area contributed by atoms with Gasteiger partial charge in [0.2, 0.25) is 0 Å². The van der Waals surface area contributed by atoms with Gasteiger partial charge in [0, 0.05) is 18.7 Å². The molecule has 1 atom stereocenters. The summed E-state index contributed by atoms with van der Waals surface area (Å²) in [5.74, 6) is -1.35. The summed E-state index contributed by atoms with van der Waals surface area (Å²) in [5, 5.41) is 8.73. The zero-order valence-corrected chi connectivity index (χ0v) is 8.77. The number of halogens is 2. The number of aromatic carboxylic acids is 1. The summed E-state index contributed by atoms with van der Waals surface area (Å²) >= 11 is 0. The van der Waals surface area contributed by atoms with E-state index >= 15 is 0 Å². The molecule has 0 bridgehead atoms. The Labute approximate surface area is 95.5 Å². The second kappa shape index (κ2) is 4.70. The van der Waals surface area contributed by atoms with Gasteiger partial charge in [-0.2, -0.15) is 0 Å². The Kier molecular flexibility index (Phi) is 3.28. The van der Waals surface area contributed by atoms with Crippen molar-refractivity contribution in [2.45, 2.75) is 18.8 Å². The molecule has 1 aromatic heterocycles. The van der Waals surface area contributed by atoms with E-state index in [-0.39, 0.29) is 11.7 Å². The first-order valence-electron chi connectivity index (χ1n) is 5.05. The van der Waals surface area contributed by atoms with Gasteiger partial charge < -0.3 is 9.84 Å². The Hall–Kier alpha value is -1.63. The van der Waals surface area contributed by atoms with Crippen LogP contribution in [0.5, 0.6) is 0 Å². The van der Waals surface area contributed by atoms with E-state index in [1.165, 1.54) is 0 Å². The number of alkyl halides is 2. The number of ether oxygens (including phenoxy) is 1. The summed E-state index contributed by atoms with van der Waals surface area (Å²) in [6, 6.07) is 0. The molecular formula is C10H10F2N2O3. The first kappa shape index (κ1) is 11.8. The molecule has 2 heterocycles. The number of carboxylic acid groups (broad SMARTS) is 1. The molecule has 0 aliphatic carbocycles. The van der Waals surface area contributed by atoms with Crippen LogP contribution < -0.4 is 0 Å². The van der Waals surface area contributed by atoms with Crippen molar-refractivity contribution in [2.75, 3.05) is 13.2 Å². The van der Waals surface area contributed by atoms with Gasteiger partial charge in [-0.15, -0.1) is 0 Å². The molecule has 0 saturated carbocycles. The number of rotatable bonds is 3. The molecule has 1 aliphatic rings. The molecular weight excluding hydrogens is 234 g/mol. The highest BCUT2D eigenvalue weighted by Gasteiger charge is 2.26. The van der Waals surface area contributed by atoms with E-state index in [4.69, 9.17) is 9.84 Å². The summed E-state index contributed by atoms with van der Waals surface area (Å²) in [7, 11) is 0. The van der Waals surface area contributed by atoms with Crippen molar-refractivity contribution in [1.82, 2.24) is 9.97 Å². The lowest BCUT2D eigenvalue weighted by Gasteiger charge is -2.09. The van der Waals surface area contributed by atoms with Crippen LogP contribution in [0.2, 0.25) is 0 Å². The Morgan fingerprint density at radius 1 is 1.59 bits per heavy atom. The fourth-order valence-electron chi connectivity index (χ4n) is 1.68. The number of nitrogens with zero attached hydrogens (tertiary/aromatic N) is 2. The smallest absolute Gasteiger partial charge is 0.339 e. The van der Waals surface area contributed by atoms with Crippen molar-refractivity contribution in [3.05, 3.63) is 23.3 Å². The summed E-state index contributed by atoms with van der Waals surface area (Å²) in [6.07, 6.45) is -1.33. The summed E-state index contributed by atoms with van der Waals surface area (Å²) in [5.41, 5.74) is -1.28. The maximum atomic E-state index is 12.7. The molecule has 1 saturated heterocycles. The second-order valence-corrected chi connectivity index (χ2v) is 3.69. The molecule has 0 amide bonds. The molecule has 92 valence electrons. The molecule has 7 heteroatoms.